The summed E-state index contributed by atoms with van der Waals surface area (Å²) in [6.45, 7) is 0. The predicted octanol–water partition coefficient (Wildman–Crippen LogP) is 5.15. The van der Waals surface area contributed by atoms with Crippen LogP contribution in [0.3, 0.4) is 0 Å². The van der Waals surface area contributed by atoms with Crippen LogP contribution in [0.25, 0.3) is 22.0 Å². The first kappa shape index (κ1) is 15.6. The number of rotatable bonds is 2. The predicted molar refractivity (Wildman–Crippen MR) is 101 cm³/mol. The molecule has 2 aromatic heterocycles. The van der Waals surface area contributed by atoms with Crippen LogP contribution >= 0.6 is 31.9 Å². The van der Waals surface area contributed by atoms with Crippen LogP contribution in [0.5, 0.6) is 0 Å². The summed E-state index contributed by atoms with van der Waals surface area (Å²) in [4.78, 5) is 8.97. The van der Waals surface area contributed by atoms with Crippen molar-refractivity contribution < 1.29 is 0 Å². The summed E-state index contributed by atoms with van der Waals surface area (Å²) in [5, 5.41) is 10.3. The molecule has 1 fully saturated rings. The van der Waals surface area contributed by atoms with Gasteiger partial charge in [-0.05, 0) is 58.1 Å². The Kier molecular flexibility index (Phi) is 3.78. The monoisotopic (exact) mass is 442 g/mol. The molecule has 2 heterocycles. The first-order valence-corrected chi connectivity index (χ1v) is 9.12. The zero-order valence-electron chi connectivity index (χ0n) is 12.6. The van der Waals surface area contributed by atoms with Gasteiger partial charge in [0.25, 0.3) is 0 Å². The highest BCUT2D eigenvalue weighted by Crippen LogP contribution is 2.44. The molecule has 24 heavy (non-hydrogen) atoms. The molecule has 0 spiro atoms. The zero-order valence-corrected chi connectivity index (χ0v) is 15.7. The molecule has 4 nitrogen and oxygen atoms in total. The van der Waals surface area contributed by atoms with Crippen molar-refractivity contribution in [3.8, 4) is 17.2 Å². The number of anilines is 1. The molecule has 4 rings (SSSR count). The van der Waals surface area contributed by atoms with E-state index in [4.69, 9.17) is 10.7 Å². The summed E-state index contributed by atoms with van der Waals surface area (Å²) in [5.74, 6) is 0.472. The van der Waals surface area contributed by atoms with E-state index in [1.165, 1.54) is 0 Å². The lowest BCUT2D eigenvalue weighted by Gasteiger charge is -2.13. The van der Waals surface area contributed by atoms with Crippen molar-refractivity contribution in [1.29, 1.82) is 5.26 Å². The van der Waals surface area contributed by atoms with Gasteiger partial charge in [-0.15, -0.1) is 0 Å². The third-order valence-corrected chi connectivity index (χ3v) is 5.36. The SMILES string of the molecule is N#Cc1nc(Br)c(N)c2c(-c3ccc(Br)cc3)cc(C3CC3)nc12. The minimum Gasteiger partial charge on any atom is -0.396 e. The van der Waals surface area contributed by atoms with Crippen molar-refractivity contribution in [2.45, 2.75) is 18.8 Å². The van der Waals surface area contributed by atoms with Crippen molar-refractivity contribution in [2.24, 2.45) is 0 Å². The first-order chi connectivity index (χ1) is 11.6. The first-order valence-electron chi connectivity index (χ1n) is 7.54. The molecule has 0 radical (unpaired) electrons. The topological polar surface area (TPSA) is 75.6 Å². The second-order valence-electron chi connectivity index (χ2n) is 5.88. The molecule has 0 atom stereocenters. The Labute approximate surface area is 156 Å². The van der Waals surface area contributed by atoms with Crippen molar-refractivity contribution in [3.05, 3.63) is 50.8 Å². The van der Waals surface area contributed by atoms with Gasteiger partial charge in [-0.2, -0.15) is 5.26 Å². The molecule has 0 saturated heterocycles. The van der Waals surface area contributed by atoms with Crippen LogP contribution < -0.4 is 5.73 Å². The van der Waals surface area contributed by atoms with Crippen molar-refractivity contribution >= 4 is 48.5 Å². The molecule has 118 valence electrons. The van der Waals surface area contributed by atoms with Gasteiger partial charge in [-0.1, -0.05) is 28.1 Å². The standard InChI is InChI=1S/C18H12Br2N4/c19-11-5-3-9(4-6-11)12-7-13(10-1-2-10)23-17-14(8-21)24-18(20)16(22)15(12)17/h3-7,10H,1-2,22H2. The van der Waals surface area contributed by atoms with Crippen LogP contribution in [0.2, 0.25) is 0 Å². The van der Waals surface area contributed by atoms with Crippen LogP contribution in [0, 0.1) is 11.3 Å². The van der Waals surface area contributed by atoms with E-state index in [9.17, 15) is 5.26 Å². The van der Waals surface area contributed by atoms with Gasteiger partial charge in [0.2, 0.25) is 0 Å². The number of hydrogen-bond donors (Lipinski definition) is 1. The number of halogens is 2. The molecule has 0 bridgehead atoms. The Morgan fingerprint density at radius 3 is 2.46 bits per heavy atom. The average molecular weight is 444 g/mol. The molecule has 0 amide bonds. The summed E-state index contributed by atoms with van der Waals surface area (Å²) in [5.41, 5.74) is 10.7. The molecule has 0 aliphatic heterocycles. The van der Waals surface area contributed by atoms with Gasteiger partial charge in [0.05, 0.1) is 5.69 Å². The van der Waals surface area contributed by atoms with E-state index in [1.807, 2.05) is 24.3 Å². The molecule has 1 saturated carbocycles. The second kappa shape index (κ2) is 5.83. The number of nitrogens with two attached hydrogens (primary N) is 1. The number of nitrogen functional groups attached to an aromatic ring is 1. The third-order valence-electron chi connectivity index (χ3n) is 4.22. The molecule has 1 aliphatic carbocycles. The van der Waals surface area contributed by atoms with Crippen molar-refractivity contribution in [2.75, 3.05) is 5.73 Å². The fraction of sp³-hybridized carbons (Fsp3) is 0.167. The van der Waals surface area contributed by atoms with Crippen molar-refractivity contribution in [1.82, 2.24) is 9.97 Å². The minimum absolute atomic E-state index is 0.298. The molecule has 1 aliphatic rings. The fourth-order valence-electron chi connectivity index (χ4n) is 2.85. The van der Waals surface area contributed by atoms with Crippen molar-refractivity contribution in [3.63, 3.8) is 0 Å². The third kappa shape index (κ3) is 2.58. The number of pyridine rings is 2. The number of nitrogens with zero attached hydrogens (tertiary/aromatic N) is 3. The van der Waals surface area contributed by atoms with E-state index in [0.29, 0.717) is 27.4 Å². The number of nitriles is 1. The van der Waals surface area contributed by atoms with Crippen LogP contribution in [0.1, 0.15) is 30.1 Å². The fourth-order valence-corrected chi connectivity index (χ4v) is 3.49. The van der Waals surface area contributed by atoms with Crippen LogP contribution in [-0.2, 0) is 0 Å². The highest BCUT2D eigenvalue weighted by atomic mass is 79.9. The lowest BCUT2D eigenvalue weighted by Crippen LogP contribution is -2.01. The Bertz CT molecular complexity index is 1000. The average Bonchev–Trinajstić information content (AvgIpc) is 3.43. The Hall–Kier alpha value is -1.97. The lowest BCUT2D eigenvalue weighted by atomic mass is 9.98. The zero-order chi connectivity index (χ0) is 16.8. The maximum absolute atomic E-state index is 9.47. The van der Waals surface area contributed by atoms with E-state index >= 15 is 0 Å². The Morgan fingerprint density at radius 2 is 1.83 bits per heavy atom. The maximum Gasteiger partial charge on any atom is 0.168 e. The second-order valence-corrected chi connectivity index (χ2v) is 7.54. The Balaban J connectivity index is 2.11. The summed E-state index contributed by atoms with van der Waals surface area (Å²) >= 11 is 6.83. The van der Waals surface area contributed by atoms with Gasteiger partial charge in [-0.3, -0.25) is 0 Å². The quantitative estimate of drug-likeness (QED) is 0.555. The maximum atomic E-state index is 9.47. The lowest BCUT2D eigenvalue weighted by molar-refractivity contribution is 1.04. The normalized spacial score (nSPS) is 13.9. The highest BCUT2D eigenvalue weighted by molar-refractivity contribution is 9.10. The van der Waals surface area contributed by atoms with Gasteiger partial charge in [-0.25, -0.2) is 9.97 Å². The van der Waals surface area contributed by atoms with Crippen LogP contribution in [0.4, 0.5) is 5.69 Å². The van der Waals surface area contributed by atoms with E-state index < -0.39 is 0 Å². The molecule has 2 N–H and O–H groups in total. The Morgan fingerprint density at radius 1 is 1.12 bits per heavy atom. The van der Waals surface area contributed by atoms with E-state index in [2.05, 4.69) is 49.0 Å². The minimum atomic E-state index is 0.298. The number of benzene rings is 1. The molecule has 6 heteroatoms. The van der Waals surface area contributed by atoms with Gasteiger partial charge < -0.3 is 5.73 Å². The smallest absolute Gasteiger partial charge is 0.168 e. The molecular weight excluding hydrogens is 432 g/mol. The summed E-state index contributed by atoms with van der Waals surface area (Å²) < 4.78 is 1.49. The van der Waals surface area contributed by atoms with E-state index in [-0.39, 0.29) is 0 Å². The number of fused-ring (bicyclic) bond motifs is 1. The molecule has 0 unspecified atom stereocenters. The number of aromatic nitrogens is 2. The van der Waals surface area contributed by atoms with Gasteiger partial charge in [0.15, 0.2) is 5.69 Å². The van der Waals surface area contributed by atoms with Gasteiger partial charge in [0, 0.05) is 21.5 Å². The largest absolute Gasteiger partial charge is 0.396 e. The van der Waals surface area contributed by atoms with Crippen LogP contribution in [-0.4, -0.2) is 9.97 Å². The molecule has 1 aromatic carbocycles. The van der Waals surface area contributed by atoms with Crippen LogP contribution in [0.15, 0.2) is 39.4 Å². The van der Waals surface area contributed by atoms with E-state index in [1.54, 1.807) is 0 Å². The summed E-state index contributed by atoms with van der Waals surface area (Å²) in [6.07, 6.45) is 2.28. The van der Waals surface area contributed by atoms with E-state index in [0.717, 1.165) is 39.5 Å². The molecule has 3 aromatic rings. The molecular formula is C18H12Br2N4. The summed E-state index contributed by atoms with van der Waals surface area (Å²) in [7, 11) is 0. The summed E-state index contributed by atoms with van der Waals surface area (Å²) in [6, 6.07) is 12.3. The van der Waals surface area contributed by atoms with Gasteiger partial charge in [0.1, 0.15) is 16.2 Å². The number of hydrogen-bond acceptors (Lipinski definition) is 4. The highest BCUT2D eigenvalue weighted by Gasteiger charge is 2.27. The van der Waals surface area contributed by atoms with Gasteiger partial charge >= 0.3 is 0 Å².